The number of benzene rings is 2. The van der Waals surface area contributed by atoms with Gasteiger partial charge in [0.05, 0.1) is 33.0 Å². The smallest absolute Gasteiger partial charge is 0.340 e. The molecule has 1 aliphatic rings. The molecule has 0 aromatic heterocycles. The lowest BCUT2D eigenvalue weighted by molar-refractivity contribution is -0.152. The fourth-order valence-electron chi connectivity index (χ4n) is 4.59. The molecule has 11 nitrogen and oxygen atoms in total. The highest BCUT2D eigenvalue weighted by atomic mass is 16.8. The van der Waals surface area contributed by atoms with Gasteiger partial charge in [-0.15, -0.1) is 0 Å². The van der Waals surface area contributed by atoms with Gasteiger partial charge in [0.25, 0.3) is 0 Å². The van der Waals surface area contributed by atoms with Crippen molar-refractivity contribution >= 4 is 12.0 Å². The molecule has 5 atom stereocenters. The second-order valence-electron chi connectivity index (χ2n) is 10.5. The largest absolute Gasteiger partial charge is 0.497 e. The number of aromatic carboxylic acids is 1. The molecule has 0 radical (unpaired) electrons. The van der Waals surface area contributed by atoms with Gasteiger partial charge < -0.3 is 48.5 Å². The molecule has 1 unspecified atom stereocenters. The van der Waals surface area contributed by atoms with Crippen LogP contribution in [-0.4, -0.2) is 85.7 Å². The first-order valence-electron chi connectivity index (χ1n) is 13.9. The zero-order valence-corrected chi connectivity index (χ0v) is 25.4. The maximum Gasteiger partial charge on any atom is 0.340 e. The third-order valence-corrected chi connectivity index (χ3v) is 6.69. The van der Waals surface area contributed by atoms with E-state index >= 15 is 0 Å². The van der Waals surface area contributed by atoms with Crippen molar-refractivity contribution in [2.45, 2.75) is 70.1 Å². The number of carbonyl (C=O) groups is 1. The molecule has 1 aliphatic heterocycles. The quantitative estimate of drug-likeness (QED) is 0.188. The summed E-state index contributed by atoms with van der Waals surface area (Å²) in [7, 11) is 4.51. The molecule has 1 heterocycles. The van der Waals surface area contributed by atoms with Gasteiger partial charge in [-0.2, -0.15) is 0 Å². The first-order chi connectivity index (χ1) is 20.5. The van der Waals surface area contributed by atoms with Crippen LogP contribution in [-0.2, 0) is 25.6 Å². The molecule has 2 aromatic carbocycles. The summed E-state index contributed by atoms with van der Waals surface area (Å²) in [5, 5.41) is 31.2. The van der Waals surface area contributed by atoms with Crippen LogP contribution < -0.4 is 14.2 Å². The molecule has 3 N–H and O–H groups in total. The van der Waals surface area contributed by atoms with E-state index in [0.717, 1.165) is 11.3 Å². The van der Waals surface area contributed by atoms with Crippen LogP contribution in [0.25, 0.3) is 6.08 Å². The predicted octanol–water partition coefficient (Wildman–Crippen LogP) is 4.19. The van der Waals surface area contributed by atoms with Crippen LogP contribution in [0.15, 0.2) is 54.6 Å². The lowest BCUT2D eigenvalue weighted by Crippen LogP contribution is -2.34. The summed E-state index contributed by atoms with van der Waals surface area (Å²) >= 11 is 0. The second kappa shape index (κ2) is 15.9. The van der Waals surface area contributed by atoms with Gasteiger partial charge in [-0.1, -0.05) is 36.4 Å². The SMILES string of the molecule is COCOc1cc(OC)cc(C=CC[C@@H]2OC(C)(C)O[C@@H]2C(O)C=C[C@@H](OCc2ccc(OC)cc2)[C@H](C)O)c1C(=O)O. The summed E-state index contributed by atoms with van der Waals surface area (Å²) < 4.78 is 38.8. The van der Waals surface area contributed by atoms with Gasteiger partial charge in [0, 0.05) is 13.2 Å². The Morgan fingerprint density at radius 2 is 1.72 bits per heavy atom. The highest BCUT2D eigenvalue weighted by Gasteiger charge is 2.43. The Morgan fingerprint density at radius 3 is 2.33 bits per heavy atom. The zero-order valence-electron chi connectivity index (χ0n) is 25.4. The van der Waals surface area contributed by atoms with Gasteiger partial charge in [0.1, 0.15) is 41.1 Å². The fraction of sp³-hybridized carbons (Fsp3) is 0.469. The number of aliphatic hydroxyl groups is 2. The number of carboxylic acid groups (broad SMARTS) is 1. The van der Waals surface area contributed by atoms with E-state index in [-0.39, 0.29) is 24.7 Å². The van der Waals surface area contributed by atoms with Crippen LogP contribution in [0, 0.1) is 0 Å². The van der Waals surface area contributed by atoms with Crippen LogP contribution in [0.3, 0.4) is 0 Å². The van der Waals surface area contributed by atoms with Gasteiger partial charge in [-0.25, -0.2) is 4.79 Å². The number of methoxy groups -OCH3 is 3. The average Bonchev–Trinajstić information content (AvgIpc) is 3.29. The van der Waals surface area contributed by atoms with E-state index in [0.29, 0.717) is 17.7 Å². The first kappa shape index (κ1) is 34.0. The fourth-order valence-corrected chi connectivity index (χ4v) is 4.59. The number of hydrogen-bond acceptors (Lipinski definition) is 10. The minimum absolute atomic E-state index is 0.0451. The molecule has 0 amide bonds. The van der Waals surface area contributed by atoms with Crippen molar-refractivity contribution in [1.29, 1.82) is 0 Å². The highest BCUT2D eigenvalue weighted by molar-refractivity contribution is 5.95. The van der Waals surface area contributed by atoms with Crippen LogP contribution in [0.4, 0.5) is 0 Å². The molecule has 3 rings (SSSR count). The molecule has 0 bridgehead atoms. The van der Waals surface area contributed by atoms with Gasteiger partial charge in [-0.05, 0) is 56.5 Å². The molecule has 2 aromatic rings. The molecule has 0 spiro atoms. The monoisotopic (exact) mass is 602 g/mol. The summed E-state index contributed by atoms with van der Waals surface area (Å²) in [5.41, 5.74) is 1.22. The van der Waals surface area contributed by atoms with Crippen LogP contribution in [0.1, 0.15) is 48.7 Å². The van der Waals surface area contributed by atoms with Crippen molar-refractivity contribution < 1.29 is 53.3 Å². The van der Waals surface area contributed by atoms with Crippen molar-refractivity contribution in [3.8, 4) is 17.2 Å². The van der Waals surface area contributed by atoms with Crippen molar-refractivity contribution in [3.05, 3.63) is 71.3 Å². The Balaban J connectivity index is 1.73. The molecule has 1 saturated heterocycles. The summed E-state index contributed by atoms with van der Waals surface area (Å²) in [6, 6.07) is 10.5. The molecule has 0 saturated carbocycles. The minimum atomic E-state index is -1.17. The van der Waals surface area contributed by atoms with E-state index in [1.54, 1.807) is 52.2 Å². The van der Waals surface area contributed by atoms with E-state index in [1.807, 2.05) is 24.3 Å². The number of ether oxygens (including phenoxy) is 7. The number of carboxylic acids is 1. The van der Waals surface area contributed by atoms with E-state index in [2.05, 4.69) is 0 Å². The van der Waals surface area contributed by atoms with E-state index in [1.165, 1.54) is 26.4 Å². The molecular weight excluding hydrogens is 560 g/mol. The Labute approximate surface area is 252 Å². The van der Waals surface area contributed by atoms with Gasteiger partial charge in [0.2, 0.25) is 0 Å². The molecular formula is C32H42O11. The van der Waals surface area contributed by atoms with Crippen molar-refractivity contribution in [2.75, 3.05) is 28.1 Å². The number of rotatable bonds is 16. The van der Waals surface area contributed by atoms with Crippen molar-refractivity contribution in [3.63, 3.8) is 0 Å². The van der Waals surface area contributed by atoms with Crippen molar-refractivity contribution in [1.82, 2.24) is 0 Å². The Hall–Kier alpha value is -3.45. The molecule has 0 aliphatic carbocycles. The van der Waals surface area contributed by atoms with E-state index in [4.69, 9.17) is 33.2 Å². The molecule has 11 heteroatoms. The minimum Gasteiger partial charge on any atom is -0.497 e. The Kier molecular flexibility index (Phi) is 12.6. The lowest BCUT2D eigenvalue weighted by Gasteiger charge is -2.21. The number of hydrogen-bond donors (Lipinski definition) is 3. The third kappa shape index (κ3) is 9.78. The summed E-state index contributed by atoms with van der Waals surface area (Å²) in [4.78, 5) is 12.1. The van der Waals surface area contributed by atoms with E-state index in [9.17, 15) is 20.1 Å². The summed E-state index contributed by atoms with van der Waals surface area (Å²) in [6.45, 7) is 5.23. The van der Waals surface area contributed by atoms with Gasteiger partial charge >= 0.3 is 5.97 Å². The molecule has 1 fully saturated rings. The lowest BCUT2D eigenvalue weighted by atomic mass is 10.0. The van der Waals surface area contributed by atoms with Gasteiger partial charge in [0.15, 0.2) is 12.6 Å². The maximum atomic E-state index is 12.1. The topological polar surface area (TPSA) is 142 Å². The van der Waals surface area contributed by atoms with Crippen LogP contribution in [0.2, 0.25) is 0 Å². The molecule has 236 valence electrons. The predicted molar refractivity (Wildman–Crippen MR) is 158 cm³/mol. The summed E-state index contributed by atoms with van der Waals surface area (Å²) in [6.07, 6.45) is 2.94. The second-order valence-corrected chi connectivity index (χ2v) is 10.5. The van der Waals surface area contributed by atoms with Crippen LogP contribution >= 0.6 is 0 Å². The maximum absolute atomic E-state index is 12.1. The number of aliphatic hydroxyl groups excluding tert-OH is 2. The molecule has 43 heavy (non-hydrogen) atoms. The van der Waals surface area contributed by atoms with E-state index < -0.39 is 42.3 Å². The summed E-state index contributed by atoms with van der Waals surface area (Å²) in [5.74, 6) is -0.879. The van der Waals surface area contributed by atoms with Crippen LogP contribution in [0.5, 0.6) is 17.2 Å². The van der Waals surface area contributed by atoms with Crippen molar-refractivity contribution in [2.24, 2.45) is 0 Å². The standard InChI is InChI=1S/C32H42O11/c1-20(33)26(40-18-21-10-12-23(38-5)13-11-21)15-14-25(34)30-27(42-32(2,3)43-30)9-7-8-22-16-24(39-6)17-28(41-19-37-4)29(22)31(35)36/h7-8,10-17,20,25-27,30,33-34H,9,18-19H2,1-6H3,(H,35,36)/t20-,25?,26+,27-,30+/m0/s1. The Morgan fingerprint density at radius 1 is 1.02 bits per heavy atom. The van der Waals surface area contributed by atoms with Gasteiger partial charge in [-0.3, -0.25) is 0 Å². The Bertz CT molecular complexity index is 1240. The zero-order chi connectivity index (χ0) is 31.6. The normalized spacial score (nSPS) is 20.3. The first-order valence-corrected chi connectivity index (χ1v) is 13.9. The third-order valence-electron chi connectivity index (χ3n) is 6.69. The average molecular weight is 603 g/mol. The highest BCUT2D eigenvalue weighted by Crippen LogP contribution is 2.34.